The van der Waals surface area contributed by atoms with E-state index in [4.69, 9.17) is 44.8 Å². The standard InChI is InChI=1S/C29H54N5O12P/c1-23(2)34(24(3)4)47(45-14-13-30-5)46-22-20-43-18-16-41-15-17-42-19-21-44-29(40)32-12-8-6-7-11-31-28(39)33-25(27(37)38)9-10-26(35)36/h23-25H,6-22H2,1-4H3,(H,32,40)(H,35,36)(H,37,38)(H2,31,33,39)/t25-,47?/m0/s1. The van der Waals surface area contributed by atoms with Crippen molar-refractivity contribution < 1.29 is 57.4 Å². The Morgan fingerprint density at radius 3 is 1.83 bits per heavy atom. The minimum absolute atomic E-state index is 0.0902. The molecule has 0 aromatic carbocycles. The predicted molar refractivity (Wildman–Crippen MR) is 173 cm³/mol. The molecule has 272 valence electrons. The zero-order chi connectivity index (χ0) is 35.3. The number of aliphatic carboxylic acids is 2. The Balaban J connectivity index is 3.70. The largest absolute Gasteiger partial charge is 0.481 e. The fourth-order valence-electron chi connectivity index (χ4n) is 3.82. The van der Waals surface area contributed by atoms with E-state index in [1.54, 1.807) is 0 Å². The summed E-state index contributed by atoms with van der Waals surface area (Å²) in [6, 6.07) is -1.49. The number of hydrogen-bond acceptors (Lipinski definition) is 11. The van der Waals surface area contributed by atoms with Gasteiger partial charge in [-0.2, -0.15) is 0 Å². The van der Waals surface area contributed by atoms with Crippen LogP contribution in [0.25, 0.3) is 4.85 Å². The zero-order valence-electron chi connectivity index (χ0n) is 28.1. The summed E-state index contributed by atoms with van der Waals surface area (Å²) in [6.45, 7) is 19.1. The number of hydrogen-bond donors (Lipinski definition) is 5. The molecule has 0 saturated carbocycles. The second-order valence-electron chi connectivity index (χ2n) is 10.5. The number of carbonyl (C=O) groups is 4. The predicted octanol–water partition coefficient (Wildman–Crippen LogP) is 2.85. The number of nitrogens with one attached hydrogen (secondary N) is 3. The summed E-state index contributed by atoms with van der Waals surface area (Å²) in [7, 11) is -1.28. The van der Waals surface area contributed by atoms with E-state index in [0.717, 1.165) is 0 Å². The van der Waals surface area contributed by atoms with Crippen molar-refractivity contribution in [3.63, 3.8) is 0 Å². The number of amides is 3. The summed E-state index contributed by atoms with van der Waals surface area (Å²) in [4.78, 5) is 48.5. The minimum atomic E-state index is -1.30. The molecule has 17 nitrogen and oxygen atoms in total. The van der Waals surface area contributed by atoms with Crippen molar-refractivity contribution in [2.45, 2.75) is 77.9 Å². The van der Waals surface area contributed by atoms with E-state index in [9.17, 15) is 19.2 Å². The van der Waals surface area contributed by atoms with Crippen LogP contribution in [-0.4, -0.2) is 136 Å². The van der Waals surface area contributed by atoms with Gasteiger partial charge < -0.3 is 59.0 Å². The molecule has 5 N–H and O–H groups in total. The number of ether oxygens (including phenoxy) is 4. The van der Waals surface area contributed by atoms with E-state index in [1.807, 2.05) is 0 Å². The average Bonchev–Trinajstić information content (AvgIpc) is 3.00. The third-order valence-corrected chi connectivity index (χ3v) is 8.05. The van der Waals surface area contributed by atoms with E-state index >= 15 is 0 Å². The van der Waals surface area contributed by atoms with Gasteiger partial charge in [-0.05, 0) is 53.4 Å². The van der Waals surface area contributed by atoms with Gasteiger partial charge in [-0.25, -0.2) is 25.6 Å². The van der Waals surface area contributed by atoms with Gasteiger partial charge in [0.25, 0.3) is 8.53 Å². The van der Waals surface area contributed by atoms with Gasteiger partial charge in [-0.1, -0.05) is 0 Å². The van der Waals surface area contributed by atoms with Crippen LogP contribution in [0.15, 0.2) is 0 Å². The Hall–Kier alpha value is -2.84. The molecular weight excluding hydrogens is 641 g/mol. The van der Waals surface area contributed by atoms with E-state index in [-0.39, 0.29) is 38.1 Å². The molecule has 0 radical (unpaired) electrons. The second-order valence-corrected chi connectivity index (χ2v) is 12.0. The molecule has 0 aliphatic rings. The lowest BCUT2D eigenvalue weighted by atomic mass is 10.1. The maximum atomic E-state index is 11.8. The van der Waals surface area contributed by atoms with Gasteiger partial charge >= 0.3 is 24.1 Å². The van der Waals surface area contributed by atoms with Crippen molar-refractivity contribution in [2.24, 2.45) is 0 Å². The molecule has 0 aromatic heterocycles. The number of nitrogens with zero attached hydrogens (tertiary/aromatic N) is 2. The Kier molecular flexibility index (Phi) is 27.5. The van der Waals surface area contributed by atoms with Crippen LogP contribution in [0.5, 0.6) is 0 Å². The number of carbonyl (C=O) groups excluding carboxylic acids is 2. The van der Waals surface area contributed by atoms with Gasteiger partial charge in [0.2, 0.25) is 6.54 Å². The lowest BCUT2D eigenvalue weighted by Crippen LogP contribution is -2.46. The quantitative estimate of drug-likeness (QED) is 0.0417. The van der Waals surface area contributed by atoms with Crippen molar-refractivity contribution in [1.29, 1.82) is 0 Å². The maximum absolute atomic E-state index is 11.8. The lowest BCUT2D eigenvalue weighted by molar-refractivity contribution is -0.140. The third-order valence-electron chi connectivity index (χ3n) is 5.94. The summed E-state index contributed by atoms with van der Waals surface area (Å²) in [6.07, 6.45) is 0.802. The monoisotopic (exact) mass is 695 g/mol. The van der Waals surface area contributed by atoms with Gasteiger partial charge in [-0.3, -0.25) is 4.79 Å². The van der Waals surface area contributed by atoms with E-state index in [2.05, 4.69) is 53.2 Å². The molecule has 0 heterocycles. The summed E-state index contributed by atoms with van der Waals surface area (Å²) in [5, 5.41) is 25.1. The van der Waals surface area contributed by atoms with Gasteiger partial charge in [-0.15, -0.1) is 0 Å². The van der Waals surface area contributed by atoms with E-state index in [0.29, 0.717) is 85.1 Å². The summed E-state index contributed by atoms with van der Waals surface area (Å²) < 4.78 is 35.4. The second kappa shape index (κ2) is 29.3. The lowest BCUT2D eigenvalue weighted by Gasteiger charge is -2.35. The Labute approximate surface area is 279 Å². The summed E-state index contributed by atoms with van der Waals surface area (Å²) in [5.74, 6) is -2.45. The molecule has 0 spiro atoms. The van der Waals surface area contributed by atoms with Crippen molar-refractivity contribution >= 4 is 32.6 Å². The van der Waals surface area contributed by atoms with Crippen LogP contribution in [-0.2, 0) is 37.6 Å². The van der Waals surface area contributed by atoms with Crippen LogP contribution in [0.2, 0.25) is 0 Å². The molecule has 18 heteroatoms. The number of alkyl carbamates (subject to hydrolysis) is 1. The first-order valence-corrected chi connectivity index (χ1v) is 16.9. The molecule has 2 atom stereocenters. The smallest absolute Gasteiger partial charge is 0.407 e. The normalized spacial score (nSPS) is 12.5. The Bertz CT molecular complexity index is 901. The average molecular weight is 696 g/mol. The number of urea groups is 1. The SMILES string of the molecule is [C-]#[N+]CCOP(OCCOCCOCCOCCOC(=O)NCCCCCNC(=O)N[C@@H](CCC(=O)O)C(=O)O)N(C(C)C)C(C)C. The van der Waals surface area contributed by atoms with Gasteiger partial charge in [0.05, 0.1) is 46.2 Å². The molecule has 3 amide bonds. The third kappa shape index (κ3) is 25.9. The molecule has 47 heavy (non-hydrogen) atoms. The molecule has 0 bridgehead atoms. The highest BCUT2D eigenvalue weighted by atomic mass is 31.2. The summed E-state index contributed by atoms with van der Waals surface area (Å²) >= 11 is 0. The van der Waals surface area contributed by atoms with E-state index in [1.165, 1.54) is 0 Å². The minimum Gasteiger partial charge on any atom is -0.481 e. The Morgan fingerprint density at radius 2 is 1.30 bits per heavy atom. The molecular formula is C29H54N5O12P. The fourth-order valence-corrected chi connectivity index (χ4v) is 5.39. The van der Waals surface area contributed by atoms with E-state index < -0.39 is 38.6 Å². The number of carboxylic acid groups (broad SMARTS) is 2. The number of unbranched alkanes of at least 4 members (excludes halogenated alkanes) is 2. The van der Waals surface area contributed by atoms with Crippen LogP contribution < -0.4 is 16.0 Å². The van der Waals surface area contributed by atoms with Gasteiger partial charge in [0.15, 0.2) is 0 Å². The van der Waals surface area contributed by atoms with Gasteiger partial charge in [0.1, 0.15) is 19.3 Å². The van der Waals surface area contributed by atoms with Crippen molar-refractivity contribution in [1.82, 2.24) is 20.6 Å². The highest BCUT2D eigenvalue weighted by Gasteiger charge is 2.27. The maximum Gasteiger partial charge on any atom is 0.407 e. The van der Waals surface area contributed by atoms with Crippen LogP contribution in [0.1, 0.15) is 59.8 Å². The Morgan fingerprint density at radius 1 is 0.766 bits per heavy atom. The van der Waals surface area contributed by atoms with Crippen molar-refractivity contribution in [3.8, 4) is 0 Å². The molecule has 0 rings (SSSR count). The first kappa shape index (κ1) is 44.2. The van der Waals surface area contributed by atoms with Crippen LogP contribution in [0.4, 0.5) is 9.59 Å². The number of rotatable bonds is 30. The van der Waals surface area contributed by atoms with Crippen LogP contribution in [0.3, 0.4) is 0 Å². The highest BCUT2D eigenvalue weighted by Crippen LogP contribution is 2.45. The topological polar surface area (TPSA) is 208 Å². The zero-order valence-corrected chi connectivity index (χ0v) is 29.0. The molecule has 0 aromatic rings. The molecule has 0 aliphatic carbocycles. The van der Waals surface area contributed by atoms with Crippen LogP contribution >= 0.6 is 8.53 Å². The molecule has 1 unspecified atom stereocenters. The molecule has 0 fully saturated rings. The first-order valence-electron chi connectivity index (χ1n) is 15.8. The highest BCUT2D eigenvalue weighted by molar-refractivity contribution is 7.44. The van der Waals surface area contributed by atoms with Crippen molar-refractivity contribution in [2.75, 3.05) is 79.1 Å². The summed E-state index contributed by atoms with van der Waals surface area (Å²) in [5.41, 5.74) is 0. The number of carboxylic acids is 2. The molecule has 0 aliphatic heterocycles. The first-order chi connectivity index (χ1) is 22.5. The van der Waals surface area contributed by atoms with Crippen LogP contribution in [0, 0.1) is 6.57 Å². The fraction of sp³-hybridized carbons (Fsp3) is 0.828. The van der Waals surface area contributed by atoms with Gasteiger partial charge in [0, 0.05) is 31.6 Å². The molecule has 0 saturated heterocycles. The van der Waals surface area contributed by atoms with Crippen molar-refractivity contribution in [3.05, 3.63) is 11.4 Å².